The van der Waals surface area contributed by atoms with Gasteiger partial charge < -0.3 is 5.11 Å². The van der Waals surface area contributed by atoms with E-state index in [2.05, 4.69) is 9.36 Å². The first-order valence-corrected chi connectivity index (χ1v) is 6.31. The van der Waals surface area contributed by atoms with Gasteiger partial charge in [0.1, 0.15) is 11.9 Å². The zero-order valence-electron chi connectivity index (χ0n) is 10.1. The highest BCUT2D eigenvalue weighted by Gasteiger charge is 2.18. The molecule has 0 bridgehead atoms. The van der Waals surface area contributed by atoms with Gasteiger partial charge in [0.2, 0.25) is 10.6 Å². The van der Waals surface area contributed by atoms with Crippen molar-refractivity contribution in [2.45, 2.75) is 0 Å². The highest BCUT2D eigenvalue weighted by molar-refractivity contribution is 7.08. The van der Waals surface area contributed by atoms with Gasteiger partial charge in [-0.3, -0.25) is 9.36 Å². The van der Waals surface area contributed by atoms with Gasteiger partial charge in [0.25, 0.3) is 0 Å². The molecule has 106 valence electrons. The van der Waals surface area contributed by atoms with E-state index in [9.17, 15) is 18.4 Å². The molecule has 0 aliphatic carbocycles. The number of hydrogen-bond donors (Lipinski definition) is 1. The Balaban J connectivity index is 2.51. The van der Waals surface area contributed by atoms with E-state index in [0.717, 1.165) is 23.8 Å². The van der Waals surface area contributed by atoms with Crippen LogP contribution in [0.3, 0.4) is 0 Å². The molecule has 2 heterocycles. The molecule has 0 atom stereocenters. The highest BCUT2D eigenvalue weighted by atomic mass is 32.1. The van der Waals surface area contributed by atoms with Gasteiger partial charge in [0.05, 0.1) is 10.9 Å². The van der Waals surface area contributed by atoms with Crippen molar-refractivity contribution in [2.75, 3.05) is 0 Å². The second-order valence-electron chi connectivity index (χ2n) is 4.05. The number of benzene rings is 1. The summed E-state index contributed by atoms with van der Waals surface area (Å²) >= 11 is 0.918. The predicted octanol–water partition coefficient (Wildman–Crippen LogP) is 1.82. The fourth-order valence-electron chi connectivity index (χ4n) is 1.90. The molecule has 1 N–H and O–H groups in total. The number of rotatable bonds is 2. The van der Waals surface area contributed by atoms with Crippen molar-refractivity contribution in [2.24, 2.45) is 0 Å². The number of carboxylic acid groups (broad SMARTS) is 1. The fourth-order valence-corrected chi connectivity index (χ4v) is 2.43. The summed E-state index contributed by atoms with van der Waals surface area (Å²) in [6.45, 7) is 0. The maximum atomic E-state index is 13.4. The van der Waals surface area contributed by atoms with E-state index in [1.54, 1.807) is 0 Å². The summed E-state index contributed by atoms with van der Waals surface area (Å²) in [6, 6.07) is 1.50. The van der Waals surface area contributed by atoms with Gasteiger partial charge in [-0.15, -0.1) is 0 Å². The molecule has 21 heavy (non-hydrogen) atoms. The van der Waals surface area contributed by atoms with Gasteiger partial charge in [-0.2, -0.15) is 4.37 Å². The Morgan fingerprint density at radius 2 is 2.00 bits per heavy atom. The molecule has 1 aromatic carbocycles. The maximum Gasteiger partial charge on any atom is 0.341 e. The van der Waals surface area contributed by atoms with Crippen LogP contribution in [0.15, 0.2) is 29.5 Å². The van der Waals surface area contributed by atoms with Crippen LogP contribution >= 0.6 is 11.5 Å². The van der Waals surface area contributed by atoms with E-state index in [0.29, 0.717) is 6.07 Å². The Labute approximate surface area is 119 Å². The molecule has 2 aromatic heterocycles. The van der Waals surface area contributed by atoms with Gasteiger partial charge in [-0.05, 0) is 6.07 Å². The van der Waals surface area contributed by atoms with Crippen molar-refractivity contribution in [1.82, 2.24) is 13.9 Å². The summed E-state index contributed by atoms with van der Waals surface area (Å²) in [6.07, 6.45) is 2.25. The van der Waals surface area contributed by atoms with E-state index in [-0.39, 0.29) is 16.0 Å². The van der Waals surface area contributed by atoms with Crippen molar-refractivity contribution >= 4 is 28.4 Å². The SMILES string of the molecule is O=C(O)c1cn(-c2ncns2)c2cc(F)c(F)cc2c1=O. The molecule has 0 fully saturated rings. The predicted molar refractivity (Wildman–Crippen MR) is 69.9 cm³/mol. The molecule has 6 nitrogen and oxygen atoms in total. The lowest BCUT2D eigenvalue weighted by Crippen LogP contribution is -2.18. The quantitative estimate of drug-likeness (QED) is 0.780. The lowest BCUT2D eigenvalue weighted by molar-refractivity contribution is 0.0695. The summed E-state index contributed by atoms with van der Waals surface area (Å²) in [5, 5.41) is 9.04. The minimum absolute atomic E-state index is 0.0145. The van der Waals surface area contributed by atoms with Gasteiger partial charge >= 0.3 is 5.97 Å². The Bertz CT molecular complexity index is 922. The molecule has 0 spiro atoms. The average Bonchev–Trinajstić information content (AvgIpc) is 2.95. The summed E-state index contributed by atoms with van der Waals surface area (Å²) in [7, 11) is 0. The normalized spacial score (nSPS) is 11.0. The molecule has 0 radical (unpaired) electrons. The van der Waals surface area contributed by atoms with Crippen molar-refractivity contribution in [1.29, 1.82) is 0 Å². The monoisotopic (exact) mass is 309 g/mol. The fraction of sp³-hybridized carbons (Fsp3) is 0. The van der Waals surface area contributed by atoms with Crippen LogP contribution in [0, 0.1) is 11.6 Å². The largest absolute Gasteiger partial charge is 0.477 e. The number of aromatic nitrogens is 3. The zero-order valence-corrected chi connectivity index (χ0v) is 10.9. The number of carboxylic acids is 1. The van der Waals surface area contributed by atoms with Crippen LogP contribution in [0.25, 0.3) is 16.0 Å². The maximum absolute atomic E-state index is 13.4. The number of halogens is 2. The molecule has 3 rings (SSSR count). The van der Waals surface area contributed by atoms with Crippen molar-refractivity contribution in [3.05, 3.63) is 52.1 Å². The Morgan fingerprint density at radius 3 is 2.62 bits per heavy atom. The molecular formula is C12H5F2N3O3S. The van der Waals surface area contributed by atoms with E-state index < -0.39 is 28.6 Å². The molecular weight excluding hydrogens is 304 g/mol. The Morgan fingerprint density at radius 1 is 1.29 bits per heavy atom. The van der Waals surface area contributed by atoms with E-state index >= 15 is 0 Å². The lowest BCUT2D eigenvalue weighted by Gasteiger charge is -2.09. The zero-order chi connectivity index (χ0) is 15.1. The highest BCUT2D eigenvalue weighted by Crippen LogP contribution is 2.21. The van der Waals surface area contributed by atoms with Crippen molar-refractivity contribution in [3.63, 3.8) is 0 Å². The lowest BCUT2D eigenvalue weighted by atomic mass is 10.1. The standard InChI is InChI=1S/C12H5F2N3O3S/c13-7-1-5-9(2-8(7)14)17(12-15-4-16-21-12)3-6(10(5)18)11(19)20/h1-4H,(H,19,20). The molecule has 0 aliphatic heterocycles. The second-order valence-corrected chi connectivity index (χ2v) is 4.81. The minimum Gasteiger partial charge on any atom is -0.477 e. The van der Waals surface area contributed by atoms with Gasteiger partial charge in [-0.25, -0.2) is 18.6 Å². The second kappa shape index (κ2) is 4.70. The number of nitrogens with zero attached hydrogens (tertiary/aromatic N) is 3. The average molecular weight is 309 g/mol. The number of hydrogen-bond acceptors (Lipinski definition) is 5. The number of carbonyl (C=O) groups is 1. The third kappa shape index (κ3) is 2.07. The first-order chi connectivity index (χ1) is 9.99. The smallest absolute Gasteiger partial charge is 0.341 e. The Kier molecular flexibility index (Phi) is 2.98. The summed E-state index contributed by atoms with van der Waals surface area (Å²) in [5.74, 6) is -3.85. The van der Waals surface area contributed by atoms with Crippen LogP contribution in [-0.2, 0) is 0 Å². The molecule has 0 saturated carbocycles. The molecule has 3 aromatic rings. The van der Waals surface area contributed by atoms with Gasteiger partial charge in [0, 0.05) is 23.8 Å². The molecule has 0 saturated heterocycles. The first-order valence-electron chi connectivity index (χ1n) is 5.54. The van der Waals surface area contributed by atoms with E-state index in [1.165, 1.54) is 10.9 Å². The van der Waals surface area contributed by atoms with Crippen molar-refractivity contribution < 1.29 is 18.7 Å². The van der Waals surface area contributed by atoms with Crippen LogP contribution in [0.4, 0.5) is 8.78 Å². The summed E-state index contributed by atoms with van der Waals surface area (Å²) in [4.78, 5) is 27.0. The van der Waals surface area contributed by atoms with E-state index in [1.807, 2.05) is 0 Å². The number of aromatic carboxylic acids is 1. The topological polar surface area (TPSA) is 85.1 Å². The third-order valence-corrected chi connectivity index (χ3v) is 3.50. The Hall–Kier alpha value is -2.68. The molecule has 9 heteroatoms. The van der Waals surface area contributed by atoms with Gasteiger partial charge in [-0.1, -0.05) is 0 Å². The van der Waals surface area contributed by atoms with Crippen LogP contribution < -0.4 is 5.43 Å². The molecule has 0 amide bonds. The van der Waals surface area contributed by atoms with E-state index in [4.69, 9.17) is 5.11 Å². The summed E-state index contributed by atoms with van der Waals surface area (Å²) < 4.78 is 31.7. The summed E-state index contributed by atoms with van der Waals surface area (Å²) in [5.41, 5.74) is -1.44. The van der Waals surface area contributed by atoms with Crippen LogP contribution in [-0.4, -0.2) is 25.0 Å². The van der Waals surface area contributed by atoms with Crippen LogP contribution in [0.2, 0.25) is 0 Å². The molecule has 0 unspecified atom stereocenters. The van der Waals surface area contributed by atoms with Crippen LogP contribution in [0.1, 0.15) is 10.4 Å². The first kappa shape index (κ1) is 13.3. The number of fused-ring (bicyclic) bond motifs is 1. The van der Waals surface area contributed by atoms with Crippen molar-refractivity contribution in [3.8, 4) is 5.13 Å². The molecule has 0 aliphatic rings. The van der Waals surface area contributed by atoms with Gasteiger partial charge in [0.15, 0.2) is 11.6 Å². The third-order valence-electron chi connectivity index (χ3n) is 2.83. The minimum atomic E-state index is -1.47. The number of pyridine rings is 1. The van der Waals surface area contributed by atoms with Crippen LogP contribution in [0.5, 0.6) is 0 Å².